The molecule has 2 rings (SSSR count). The predicted octanol–water partition coefficient (Wildman–Crippen LogP) is 3.08. The Kier molecular flexibility index (Phi) is 4.73. The van der Waals surface area contributed by atoms with Crippen LogP contribution < -0.4 is 5.32 Å². The van der Waals surface area contributed by atoms with Crippen LogP contribution in [-0.2, 0) is 0 Å². The number of benzene rings is 1. The highest BCUT2D eigenvalue weighted by Crippen LogP contribution is 2.23. The Morgan fingerprint density at radius 3 is 3.12 bits per heavy atom. The van der Waals surface area contributed by atoms with Gasteiger partial charge >= 0.3 is 0 Å². The summed E-state index contributed by atoms with van der Waals surface area (Å²) < 4.78 is 1.06. The Bertz CT molecular complexity index is 416. The molecule has 1 aromatic rings. The second-order valence-corrected chi connectivity index (χ2v) is 6.60. The van der Waals surface area contributed by atoms with Crippen molar-refractivity contribution < 1.29 is 4.79 Å². The molecular weight excluding hydrogens is 345 g/mol. The number of carbonyl (C=O) groups is 1. The minimum absolute atomic E-state index is 0.0648. The maximum atomic E-state index is 12.1. The fraction of sp³-hybridized carbons (Fsp3) is 0.462. The number of carbonyl (C=O) groups excluding carboxylic acids is 1. The topological polar surface area (TPSA) is 29.1 Å². The predicted molar refractivity (Wildman–Crippen MR) is 81.7 cm³/mol. The molecule has 0 radical (unpaired) electrons. The van der Waals surface area contributed by atoms with Gasteiger partial charge in [-0.3, -0.25) is 4.79 Å². The van der Waals surface area contributed by atoms with E-state index in [-0.39, 0.29) is 5.91 Å². The van der Waals surface area contributed by atoms with Crippen molar-refractivity contribution in [3.8, 4) is 0 Å². The first-order chi connectivity index (χ1) is 8.18. The maximum Gasteiger partial charge on any atom is 0.252 e. The van der Waals surface area contributed by atoms with Crippen LogP contribution in [0.25, 0.3) is 0 Å². The zero-order valence-electron chi connectivity index (χ0n) is 9.83. The number of aryl methyl sites for hydroxylation is 1. The van der Waals surface area contributed by atoms with E-state index >= 15 is 0 Å². The lowest BCUT2D eigenvalue weighted by Crippen LogP contribution is -2.29. The highest BCUT2D eigenvalue weighted by Gasteiger charge is 2.17. The molecule has 0 aromatic heterocycles. The van der Waals surface area contributed by atoms with Crippen LogP contribution in [0.3, 0.4) is 0 Å². The van der Waals surface area contributed by atoms with Crippen LogP contribution in [0.5, 0.6) is 0 Å². The van der Waals surface area contributed by atoms with E-state index in [4.69, 9.17) is 0 Å². The van der Waals surface area contributed by atoms with E-state index in [1.165, 1.54) is 17.9 Å². The van der Waals surface area contributed by atoms with E-state index in [9.17, 15) is 4.79 Å². The van der Waals surface area contributed by atoms with Crippen LogP contribution in [0, 0.1) is 16.4 Å². The Morgan fingerprint density at radius 1 is 1.59 bits per heavy atom. The largest absolute Gasteiger partial charge is 0.352 e. The standard InChI is InChI=1S/C13H16INOS/c1-9-3-2-4-11(12(9)14)13(16)15-7-10-5-6-17-8-10/h2-4,10H,5-8H2,1H3,(H,15,16). The fourth-order valence-corrected chi connectivity index (χ4v) is 3.79. The molecule has 1 amide bonds. The minimum atomic E-state index is 0.0648. The fourth-order valence-electron chi connectivity index (χ4n) is 1.90. The normalized spacial score (nSPS) is 19.3. The minimum Gasteiger partial charge on any atom is -0.352 e. The van der Waals surface area contributed by atoms with Gasteiger partial charge in [0.1, 0.15) is 0 Å². The number of thioether (sulfide) groups is 1. The second-order valence-electron chi connectivity index (χ2n) is 4.38. The smallest absolute Gasteiger partial charge is 0.252 e. The highest BCUT2D eigenvalue weighted by atomic mass is 127. The first-order valence-corrected chi connectivity index (χ1v) is 8.03. The lowest BCUT2D eigenvalue weighted by atomic mass is 10.1. The molecule has 0 saturated carbocycles. The van der Waals surface area contributed by atoms with Crippen molar-refractivity contribution in [3.63, 3.8) is 0 Å². The summed E-state index contributed by atoms with van der Waals surface area (Å²) >= 11 is 4.23. The molecule has 0 aliphatic carbocycles. The Balaban J connectivity index is 1.97. The van der Waals surface area contributed by atoms with Gasteiger partial charge in [-0.15, -0.1) is 0 Å². The molecule has 1 fully saturated rings. The molecule has 1 atom stereocenters. The van der Waals surface area contributed by atoms with E-state index in [0.29, 0.717) is 5.92 Å². The first kappa shape index (κ1) is 13.2. The lowest BCUT2D eigenvalue weighted by molar-refractivity contribution is 0.0947. The third-order valence-electron chi connectivity index (χ3n) is 3.01. The summed E-state index contributed by atoms with van der Waals surface area (Å²) in [7, 11) is 0. The number of nitrogens with one attached hydrogen (secondary N) is 1. The van der Waals surface area contributed by atoms with Gasteiger partial charge in [0.2, 0.25) is 0 Å². The van der Waals surface area contributed by atoms with Crippen LogP contribution in [-0.4, -0.2) is 24.0 Å². The quantitative estimate of drug-likeness (QED) is 0.839. The average Bonchev–Trinajstić information content (AvgIpc) is 2.82. The SMILES string of the molecule is Cc1cccc(C(=O)NCC2CCSC2)c1I. The summed E-state index contributed by atoms with van der Waals surface area (Å²) in [5.41, 5.74) is 1.96. The Hall–Kier alpha value is -0.230. The summed E-state index contributed by atoms with van der Waals surface area (Å²) in [4.78, 5) is 12.1. The summed E-state index contributed by atoms with van der Waals surface area (Å²) in [6.45, 7) is 2.85. The van der Waals surface area contributed by atoms with E-state index in [2.05, 4.69) is 27.9 Å². The van der Waals surface area contributed by atoms with Gasteiger partial charge in [-0.25, -0.2) is 0 Å². The highest BCUT2D eigenvalue weighted by molar-refractivity contribution is 14.1. The van der Waals surface area contributed by atoms with E-state index < -0.39 is 0 Å². The summed E-state index contributed by atoms with van der Waals surface area (Å²) in [5.74, 6) is 3.15. The van der Waals surface area contributed by atoms with Crippen LogP contribution in [0.2, 0.25) is 0 Å². The van der Waals surface area contributed by atoms with Gasteiger partial charge in [-0.2, -0.15) is 11.8 Å². The molecule has 1 N–H and O–H groups in total. The third kappa shape index (κ3) is 3.37. The van der Waals surface area contributed by atoms with Gasteiger partial charge in [0.15, 0.2) is 0 Å². The molecule has 1 aliphatic heterocycles. The number of rotatable bonds is 3. The van der Waals surface area contributed by atoms with Crippen LogP contribution in [0.1, 0.15) is 22.3 Å². The molecule has 1 aromatic carbocycles. The molecular formula is C13H16INOS. The van der Waals surface area contributed by atoms with Crippen LogP contribution in [0.15, 0.2) is 18.2 Å². The summed E-state index contributed by atoms with van der Waals surface area (Å²) in [6.07, 6.45) is 1.23. The van der Waals surface area contributed by atoms with Crippen molar-refractivity contribution >= 4 is 40.3 Å². The lowest BCUT2D eigenvalue weighted by Gasteiger charge is -2.11. The van der Waals surface area contributed by atoms with Crippen molar-refractivity contribution in [2.24, 2.45) is 5.92 Å². The molecule has 0 bridgehead atoms. The van der Waals surface area contributed by atoms with Crippen LogP contribution in [0.4, 0.5) is 0 Å². The van der Waals surface area contributed by atoms with Crippen LogP contribution >= 0.6 is 34.4 Å². The van der Waals surface area contributed by atoms with Crippen molar-refractivity contribution in [2.75, 3.05) is 18.1 Å². The number of hydrogen-bond acceptors (Lipinski definition) is 2. The van der Waals surface area contributed by atoms with Gasteiger partial charge in [0, 0.05) is 10.1 Å². The van der Waals surface area contributed by atoms with Crippen molar-refractivity contribution in [3.05, 3.63) is 32.9 Å². The molecule has 2 nitrogen and oxygen atoms in total. The number of hydrogen-bond donors (Lipinski definition) is 1. The molecule has 1 unspecified atom stereocenters. The van der Waals surface area contributed by atoms with E-state index in [0.717, 1.165) is 21.2 Å². The molecule has 4 heteroatoms. The van der Waals surface area contributed by atoms with Crippen molar-refractivity contribution in [1.29, 1.82) is 0 Å². The zero-order valence-corrected chi connectivity index (χ0v) is 12.8. The van der Waals surface area contributed by atoms with Crippen molar-refractivity contribution in [2.45, 2.75) is 13.3 Å². The van der Waals surface area contributed by atoms with E-state index in [1.807, 2.05) is 36.9 Å². The molecule has 1 saturated heterocycles. The monoisotopic (exact) mass is 361 g/mol. The van der Waals surface area contributed by atoms with E-state index in [1.54, 1.807) is 0 Å². The molecule has 1 aliphatic rings. The van der Waals surface area contributed by atoms with Gasteiger partial charge < -0.3 is 5.32 Å². The van der Waals surface area contributed by atoms with Gasteiger partial charge in [0.25, 0.3) is 5.91 Å². The van der Waals surface area contributed by atoms with Gasteiger partial charge in [-0.05, 0) is 65.0 Å². The Labute approximate surface area is 120 Å². The molecule has 1 heterocycles. The maximum absolute atomic E-state index is 12.1. The molecule has 92 valence electrons. The first-order valence-electron chi connectivity index (χ1n) is 5.79. The summed E-state index contributed by atoms with van der Waals surface area (Å²) in [5, 5.41) is 3.05. The Morgan fingerprint density at radius 2 is 2.41 bits per heavy atom. The third-order valence-corrected chi connectivity index (χ3v) is 5.68. The number of halogens is 1. The number of amides is 1. The van der Waals surface area contributed by atoms with Crippen molar-refractivity contribution in [1.82, 2.24) is 5.32 Å². The zero-order chi connectivity index (χ0) is 12.3. The van der Waals surface area contributed by atoms with Gasteiger partial charge in [0.05, 0.1) is 5.56 Å². The average molecular weight is 361 g/mol. The molecule has 0 spiro atoms. The summed E-state index contributed by atoms with van der Waals surface area (Å²) in [6, 6.07) is 5.87. The molecule has 17 heavy (non-hydrogen) atoms. The second kappa shape index (κ2) is 6.09. The van der Waals surface area contributed by atoms with Gasteiger partial charge in [-0.1, -0.05) is 12.1 Å².